The lowest BCUT2D eigenvalue weighted by Crippen LogP contribution is -2.49. The highest BCUT2D eigenvalue weighted by Gasteiger charge is 2.27. The Kier molecular flexibility index (Phi) is 4.04. The maximum absolute atomic E-state index is 12.1. The average Bonchev–Trinajstić information content (AvgIpc) is 2.38. The van der Waals surface area contributed by atoms with E-state index in [0.29, 0.717) is 13.1 Å². The summed E-state index contributed by atoms with van der Waals surface area (Å²) in [6.07, 6.45) is 3.29. The van der Waals surface area contributed by atoms with Crippen molar-refractivity contribution in [1.82, 2.24) is 15.2 Å². The molecule has 1 aromatic rings. The van der Waals surface area contributed by atoms with E-state index in [9.17, 15) is 4.79 Å². The Labute approximate surface area is 114 Å². The molecule has 0 radical (unpaired) electrons. The van der Waals surface area contributed by atoms with Crippen molar-refractivity contribution in [3.05, 3.63) is 30.1 Å². The van der Waals surface area contributed by atoms with Gasteiger partial charge >= 0.3 is 6.09 Å². The zero-order chi connectivity index (χ0) is 13.9. The molecular weight excluding hydrogens is 242 g/mol. The van der Waals surface area contributed by atoms with E-state index >= 15 is 0 Å². The number of aromatic nitrogens is 1. The van der Waals surface area contributed by atoms with E-state index in [2.05, 4.69) is 10.3 Å². The average molecular weight is 263 g/mol. The Bertz CT molecular complexity index is 428. The molecule has 0 spiro atoms. The largest absolute Gasteiger partial charge is 0.444 e. The first-order valence-corrected chi connectivity index (χ1v) is 6.57. The number of nitrogens with zero attached hydrogens (tertiary/aromatic N) is 2. The molecule has 1 fully saturated rings. The van der Waals surface area contributed by atoms with Gasteiger partial charge in [-0.2, -0.15) is 0 Å². The molecule has 1 atom stereocenters. The van der Waals surface area contributed by atoms with Crippen molar-refractivity contribution >= 4 is 6.09 Å². The van der Waals surface area contributed by atoms with Crippen LogP contribution >= 0.6 is 0 Å². The molecule has 0 aliphatic carbocycles. The van der Waals surface area contributed by atoms with Gasteiger partial charge in [0.15, 0.2) is 0 Å². The first-order valence-electron chi connectivity index (χ1n) is 6.57. The second kappa shape index (κ2) is 5.57. The van der Waals surface area contributed by atoms with Crippen LogP contribution in [0.2, 0.25) is 0 Å². The third-order valence-electron chi connectivity index (χ3n) is 2.94. The summed E-state index contributed by atoms with van der Waals surface area (Å²) >= 11 is 0. The van der Waals surface area contributed by atoms with Crippen LogP contribution in [0.3, 0.4) is 0 Å². The fourth-order valence-electron chi connectivity index (χ4n) is 2.06. The first-order chi connectivity index (χ1) is 8.96. The Balaban J connectivity index is 2.00. The van der Waals surface area contributed by atoms with Gasteiger partial charge in [-0.05, 0) is 38.5 Å². The maximum Gasteiger partial charge on any atom is 0.410 e. The zero-order valence-electron chi connectivity index (χ0n) is 11.7. The van der Waals surface area contributed by atoms with Gasteiger partial charge in [0.2, 0.25) is 0 Å². The summed E-state index contributed by atoms with van der Waals surface area (Å²) in [6, 6.07) is 4.08. The lowest BCUT2D eigenvalue weighted by molar-refractivity contribution is 0.0195. The number of carbonyl (C=O) groups is 1. The second-order valence-electron chi connectivity index (χ2n) is 5.71. The molecule has 104 valence electrons. The van der Waals surface area contributed by atoms with E-state index in [1.807, 2.05) is 32.9 Å². The smallest absolute Gasteiger partial charge is 0.410 e. The minimum Gasteiger partial charge on any atom is -0.444 e. The Morgan fingerprint density at radius 1 is 1.42 bits per heavy atom. The molecule has 1 aliphatic heterocycles. The standard InChI is InChI=1S/C14H21N3O2/c1-14(2,3)19-13(18)17-9-8-16-12(10-17)11-4-6-15-7-5-11/h4-7,12,16H,8-10H2,1-3H3/t12-/m0/s1. The van der Waals surface area contributed by atoms with Crippen LogP contribution in [0.1, 0.15) is 32.4 Å². The van der Waals surface area contributed by atoms with Gasteiger partial charge in [0.1, 0.15) is 5.60 Å². The molecule has 0 aromatic carbocycles. The van der Waals surface area contributed by atoms with Gasteiger partial charge in [-0.1, -0.05) is 0 Å². The van der Waals surface area contributed by atoms with Crippen LogP contribution in [-0.2, 0) is 4.74 Å². The molecule has 0 saturated carbocycles. The maximum atomic E-state index is 12.1. The van der Waals surface area contributed by atoms with Gasteiger partial charge in [0.25, 0.3) is 0 Å². The summed E-state index contributed by atoms with van der Waals surface area (Å²) in [6.45, 7) is 7.72. The van der Waals surface area contributed by atoms with Crippen LogP contribution in [0.5, 0.6) is 0 Å². The molecule has 0 bridgehead atoms. The SMILES string of the molecule is CC(C)(C)OC(=O)N1CCN[C@H](c2ccncc2)C1. The first kappa shape index (κ1) is 13.8. The molecule has 1 amide bonds. The van der Waals surface area contributed by atoms with E-state index in [4.69, 9.17) is 4.74 Å². The van der Waals surface area contributed by atoms with Gasteiger partial charge in [0, 0.05) is 32.0 Å². The van der Waals surface area contributed by atoms with Crippen molar-refractivity contribution in [1.29, 1.82) is 0 Å². The minimum atomic E-state index is -0.450. The van der Waals surface area contributed by atoms with Gasteiger partial charge in [-0.15, -0.1) is 0 Å². The number of hydrogen-bond acceptors (Lipinski definition) is 4. The predicted molar refractivity (Wildman–Crippen MR) is 72.8 cm³/mol. The van der Waals surface area contributed by atoms with Crippen LogP contribution in [0.15, 0.2) is 24.5 Å². The van der Waals surface area contributed by atoms with Crippen molar-refractivity contribution in [2.24, 2.45) is 0 Å². The highest BCUT2D eigenvalue weighted by Crippen LogP contribution is 2.18. The quantitative estimate of drug-likeness (QED) is 0.841. The van der Waals surface area contributed by atoms with Crippen molar-refractivity contribution in [2.75, 3.05) is 19.6 Å². The molecule has 5 heteroatoms. The molecule has 2 heterocycles. The Morgan fingerprint density at radius 3 is 2.74 bits per heavy atom. The van der Waals surface area contributed by atoms with Gasteiger partial charge in [0.05, 0.1) is 6.04 Å². The van der Waals surface area contributed by atoms with Crippen molar-refractivity contribution in [3.63, 3.8) is 0 Å². The lowest BCUT2D eigenvalue weighted by atomic mass is 10.1. The van der Waals surface area contributed by atoms with Gasteiger partial charge in [-0.25, -0.2) is 4.79 Å². The van der Waals surface area contributed by atoms with Crippen molar-refractivity contribution in [3.8, 4) is 0 Å². The third kappa shape index (κ3) is 3.92. The molecular formula is C14H21N3O2. The summed E-state index contributed by atoms with van der Waals surface area (Å²) in [5, 5.41) is 3.41. The number of amides is 1. The highest BCUT2D eigenvalue weighted by molar-refractivity contribution is 5.68. The van der Waals surface area contributed by atoms with Gasteiger partial charge < -0.3 is 15.0 Å². The molecule has 5 nitrogen and oxygen atoms in total. The van der Waals surface area contributed by atoms with E-state index in [1.165, 1.54) is 0 Å². The summed E-state index contributed by atoms with van der Waals surface area (Å²) in [5.41, 5.74) is 0.692. The number of piperazine rings is 1. The summed E-state index contributed by atoms with van der Waals surface area (Å²) in [4.78, 5) is 17.8. The van der Waals surface area contributed by atoms with E-state index in [1.54, 1.807) is 17.3 Å². The number of carbonyl (C=O) groups excluding carboxylic acids is 1. The van der Waals surface area contributed by atoms with Crippen LogP contribution in [0.25, 0.3) is 0 Å². The molecule has 0 unspecified atom stereocenters. The normalized spacial score (nSPS) is 20.2. The van der Waals surface area contributed by atoms with Crippen molar-refractivity contribution in [2.45, 2.75) is 32.4 Å². The fraction of sp³-hybridized carbons (Fsp3) is 0.571. The molecule has 1 saturated heterocycles. The highest BCUT2D eigenvalue weighted by atomic mass is 16.6. The Hall–Kier alpha value is -1.62. The van der Waals surface area contributed by atoms with Crippen LogP contribution in [0.4, 0.5) is 4.79 Å². The third-order valence-corrected chi connectivity index (χ3v) is 2.94. The summed E-state index contributed by atoms with van der Waals surface area (Å²) in [7, 11) is 0. The lowest BCUT2D eigenvalue weighted by Gasteiger charge is -2.35. The molecule has 1 N–H and O–H groups in total. The van der Waals surface area contributed by atoms with Crippen LogP contribution in [0, 0.1) is 0 Å². The van der Waals surface area contributed by atoms with E-state index < -0.39 is 5.60 Å². The number of rotatable bonds is 1. The van der Waals surface area contributed by atoms with Crippen LogP contribution in [-0.4, -0.2) is 41.2 Å². The molecule has 1 aliphatic rings. The summed E-state index contributed by atoms with van der Waals surface area (Å²) < 4.78 is 5.41. The van der Waals surface area contributed by atoms with E-state index in [-0.39, 0.29) is 12.1 Å². The van der Waals surface area contributed by atoms with Gasteiger partial charge in [-0.3, -0.25) is 4.98 Å². The molecule has 1 aromatic heterocycles. The molecule has 2 rings (SSSR count). The number of hydrogen-bond donors (Lipinski definition) is 1. The minimum absolute atomic E-state index is 0.143. The topological polar surface area (TPSA) is 54.5 Å². The van der Waals surface area contributed by atoms with Crippen molar-refractivity contribution < 1.29 is 9.53 Å². The zero-order valence-corrected chi connectivity index (χ0v) is 11.7. The van der Waals surface area contributed by atoms with E-state index in [0.717, 1.165) is 12.1 Å². The fourth-order valence-corrected chi connectivity index (χ4v) is 2.06. The number of ether oxygens (including phenoxy) is 1. The number of pyridine rings is 1. The van der Waals surface area contributed by atoms with Crippen LogP contribution < -0.4 is 5.32 Å². The second-order valence-corrected chi connectivity index (χ2v) is 5.71. The Morgan fingerprint density at radius 2 is 2.11 bits per heavy atom. The monoisotopic (exact) mass is 263 g/mol. The predicted octanol–water partition coefficient (Wildman–Crippen LogP) is 1.96. The molecule has 19 heavy (non-hydrogen) atoms. The summed E-state index contributed by atoms with van der Waals surface area (Å²) in [5.74, 6) is 0. The number of nitrogens with one attached hydrogen (secondary N) is 1.